The summed E-state index contributed by atoms with van der Waals surface area (Å²) in [6.45, 7) is 1.94. The van der Waals surface area contributed by atoms with E-state index < -0.39 is 0 Å². The number of carbonyl (C=O) groups is 1. The van der Waals surface area contributed by atoms with Crippen LogP contribution >= 0.6 is 0 Å². The van der Waals surface area contributed by atoms with Crippen LogP contribution in [0.25, 0.3) is 0 Å². The van der Waals surface area contributed by atoms with Gasteiger partial charge in [0.1, 0.15) is 11.5 Å². The lowest BCUT2D eigenvalue weighted by molar-refractivity contribution is -0.155. The topological polar surface area (TPSA) is 44.8 Å². The summed E-state index contributed by atoms with van der Waals surface area (Å²) >= 11 is 0. The van der Waals surface area contributed by atoms with E-state index in [0.717, 1.165) is 29.9 Å². The van der Waals surface area contributed by atoms with Crippen molar-refractivity contribution >= 4 is 5.97 Å². The molecule has 1 aromatic rings. The normalized spacial score (nSPS) is 22.8. The van der Waals surface area contributed by atoms with E-state index in [-0.39, 0.29) is 12.1 Å². The van der Waals surface area contributed by atoms with Crippen LogP contribution in [0, 0.1) is 5.92 Å². The molecule has 2 atom stereocenters. The van der Waals surface area contributed by atoms with E-state index in [9.17, 15) is 4.79 Å². The zero-order valence-corrected chi connectivity index (χ0v) is 11.6. The van der Waals surface area contributed by atoms with Gasteiger partial charge in [-0.1, -0.05) is 0 Å². The second-order valence-electron chi connectivity index (χ2n) is 5.03. The highest BCUT2D eigenvalue weighted by Gasteiger charge is 2.26. The molecule has 1 aliphatic heterocycles. The Hall–Kier alpha value is -1.71. The number of methoxy groups -OCH3 is 2. The molecule has 1 aliphatic rings. The number of cyclic esters (lactones) is 1. The molecule has 0 radical (unpaired) electrons. The first-order chi connectivity index (χ1) is 9.10. The maximum absolute atomic E-state index is 11.4. The molecule has 1 saturated heterocycles. The van der Waals surface area contributed by atoms with Gasteiger partial charge in [0.2, 0.25) is 0 Å². The highest BCUT2D eigenvalue weighted by atomic mass is 16.5. The first-order valence-corrected chi connectivity index (χ1v) is 6.52. The van der Waals surface area contributed by atoms with E-state index in [1.165, 1.54) is 0 Å². The van der Waals surface area contributed by atoms with Crippen LogP contribution in [0.15, 0.2) is 18.2 Å². The van der Waals surface area contributed by atoms with E-state index in [2.05, 4.69) is 0 Å². The Morgan fingerprint density at radius 3 is 2.37 bits per heavy atom. The molecule has 0 unspecified atom stereocenters. The summed E-state index contributed by atoms with van der Waals surface area (Å²) in [6, 6.07) is 5.83. The summed E-state index contributed by atoms with van der Waals surface area (Å²) in [6.07, 6.45) is 2.25. The van der Waals surface area contributed by atoms with Gasteiger partial charge in [-0.3, -0.25) is 4.79 Å². The van der Waals surface area contributed by atoms with Crippen molar-refractivity contribution in [1.82, 2.24) is 0 Å². The molecule has 0 aliphatic carbocycles. The van der Waals surface area contributed by atoms with Crippen LogP contribution in [0.5, 0.6) is 11.5 Å². The van der Waals surface area contributed by atoms with Gasteiger partial charge in [0.25, 0.3) is 0 Å². The van der Waals surface area contributed by atoms with Gasteiger partial charge in [0.05, 0.1) is 20.3 Å². The molecule has 0 bridgehead atoms. The smallest absolute Gasteiger partial charge is 0.306 e. The zero-order valence-electron chi connectivity index (χ0n) is 11.6. The molecular weight excluding hydrogens is 244 g/mol. The minimum Gasteiger partial charge on any atom is -0.497 e. The Kier molecular flexibility index (Phi) is 4.30. The quantitative estimate of drug-likeness (QED) is 0.784. The van der Waals surface area contributed by atoms with E-state index in [1.807, 2.05) is 25.1 Å². The van der Waals surface area contributed by atoms with Crippen LogP contribution in [0.2, 0.25) is 0 Å². The monoisotopic (exact) mass is 264 g/mol. The fourth-order valence-electron chi connectivity index (χ4n) is 2.58. The van der Waals surface area contributed by atoms with Crippen LogP contribution in [0.4, 0.5) is 0 Å². The number of carbonyl (C=O) groups excluding carboxylic acids is 1. The maximum atomic E-state index is 11.4. The standard InChI is InChI=1S/C15H20O4/c1-10-4-11(8-15(16)19-10)5-12-6-13(17-2)9-14(7-12)18-3/h6-7,9-11H,4-5,8H2,1-3H3/t10-,11+/m0/s1. The lowest BCUT2D eigenvalue weighted by Gasteiger charge is -2.26. The summed E-state index contributed by atoms with van der Waals surface area (Å²) in [4.78, 5) is 11.4. The Morgan fingerprint density at radius 1 is 1.21 bits per heavy atom. The summed E-state index contributed by atoms with van der Waals surface area (Å²) in [7, 11) is 3.28. The fraction of sp³-hybridized carbons (Fsp3) is 0.533. The van der Waals surface area contributed by atoms with E-state index in [1.54, 1.807) is 14.2 Å². The average Bonchev–Trinajstić information content (AvgIpc) is 2.37. The number of hydrogen-bond acceptors (Lipinski definition) is 4. The van der Waals surface area contributed by atoms with Crippen molar-refractivity contribution in [2.45, 2.75) is 32.3 Å². The molecular formula is C15H20O4. The van der Waals surface area contributed by atoms with Gasteiger partial charge < -0.3 is 14.2 Å². The summed E-state index contributed by atoms with van der Waals surface area (Å²) in [5.41, 5.74) is 1.13. The molecule has 19 heavy (non-hydrogen) atoms. The van der Waals surface area contributed by atoms with Crippen LogP contribution < -0.4 is 9.47 Å². The lowest BCUT2D eigenvalue weighted by Crippen LogP contribution is -2.28. The predicted octanol–water partition coefficient (Wildman–Crippen LogP) is 2.59. The number of rotatable bonds is 4. The number of hydrogen-bond donors (Lipinski definition) is 0. The Labute approximate surface area is 113 Å². The molecule has 104 valence electrons. The van der Waals surface area contributed by atoms with Crippen LogP contribution in [-0.4, -0.2) is 26.3 Å². The summed E-state index contributed by atoms with van der Waals surface area (Å²) in [5, 5.41) is 0. The Morgan fingerprint density at radius 2 is 1.84 bits per heavy atom. The first kappa shape index (κ1) is 13.7. The van der Waals surface area contributed by atoms with Gasteiger partial charge in [-0.05, 0) is 43.4 Å². The highest BCUT2D eigenvalue weighted by Crippen LogP contribution is 2.28. The highest BCUT2D eigenvalue weighted by molar-refractivity contribution is 5.70. The van der Waals surface area contributed by atoms with Crippen molar-refractivity contribution in [2.75, 3.05) is 14.2 Å². The molecule has 0 aromatic heterocycles. The van der Waals surface area contributed by atoms with Gasteiger partial charge in [-0.2, -0.15) is 0 Å². The average molecular weight is 264 g/mol. The molecule has 2 rings (SSSR count). The molecule has 0 spiro atoms. The molecule has 1 heterocycles. The third-order valence-corrected chi connectivity index (χ3v) is 3.39. The molecule has 1 fully saturated rings. The molecule has 1 aromatic carbocycles. The first-order valence-electron chi connectivity index (χ1n) is 6.52. The van der Waals surface area contributed by atoms with E-state index in [4.69, 9.17) is 14.2 Å². The number of ether oxygens (including phenoxy) is 3. The third kappa shape index (κ3) is 3.63. The van der Waals surface area contributed by atoms with Gasteiger partial charge in [0, 0.05) is 12.5 Å². The van der Waals surface area contributed by atoms with Crippen molar-refractivity contribution in [1.29, 1.82) is 0 Å². The SMILES string of the molecule is COc1cc(C[C@@H]2CC(=O)O[C@@H](C)C2)cc(OC)c1. The minimum atomic E-state index is -0.0985. The predicted molar refractivity (Wildman–Crippen MR) is 71.5 cm³/mol. The molecule has 0 amide bonds. The van der Waals surface area contributed by atoms with Gasteiger partial charge >= 0.3 is 5.97 Å². The van der Waals surface area contributed by atoms with Crippen LogP contribution in [-0.2, 0) is 16.0 Å². The Bertz CT molecular complexity index is 433. The van der Waals surface area contributed by atoms with Gasteiger partial charge in [-0.15, -0.1) is 0 Å². The van der Waals surface area contributed by atoms with Crippen molar-refractivity contribution in [3.8, 4) is 11.5 Å². The van der Waals surface area contributed by atoms with Crippen molar-refractivity contribution in [3.05, 3.63) is 23.8 Å². The number of benzene rings is 1. The zero-order chi connectivity index (χ0) is 13.8. The van der Waals surface area contributed by atoms with Gasteiger partial charge in [-0.25, -0.2) is 0 Å². The molecule has 4 heteroatoms. The maximum Gasteiger partial charge on any atom is 0.306 e. The van der Waals surface area contributed by atoms with Gasteiger partial charge in [0.15, 0.2) is 0 Å². The summed E-state index contributed by atoms with van der Waals surface area (Å²) in [5.74, 6) is 1.79. The lowest BCUT2D eigenvalue weighted by atomic mass is 9.89. The Balaban J connectivity index is 2.11. The van der Waals surface area contributed by atoms with E-state index in [0.29, 0.717) is 12.3 Å². The second kappa shape index (κ2) is 5.95. The largest absolute Gasteiger partial charge is 0.497 e. The van der Waals surface area contributed by atoms with E-state index >= 15 is 0 Å². The fourth-order valence-corrected chi connectivity index (χ4v) is 2.58. The van der Waals surface area contributed by atoms with Crippen molar-refractivity contribution < 1.29 is 19.0 Å². The van der Waals surface area contributed by atoms with Crippen molar-refractivity contribution in [3.63, 3.8) is 0 Å². The molecule has 0 N–H and O–H groups in total. The van der Waals surface area contributed by atoms with Crippen LogP contribution in [0.1, 0.15) is 25.3 Å². The molecule has 0 saturated carbocycles. The number of esters is 1. The second-order valence-corrected chi connectivity index (χ2v) is 5.03. The third-order valence-electron chi connectivity index (χ3n) is 3.39. The molecule has 4 nitrogen and oxygen atoms in total. The minimum absolute atomic E-state index is 0.0127. The summed E-state index contributed by atoms with van der Waals surface area (Å²) < 4.78 is 15.7. The van der Waals surface area contributed by atoms with Crippen molar-refractivity contribution in [2.24, 2.45) is 5.92 Å². The van der Waals surface area contributed by atoms with Crippen LogP contribution in [0.3, 0.4) is 0 Å².